The summed E-state index contributed by atoms with van der Waals surface area (Å²) in [4.78, 5) is 27.3. The molecular weight excluding hydrogens is 518 g/mol. The minimum atomic E-state index is -0.120. The summed E-state index contributed by atoms with van der Waals surface area (Å²) in [5.74, 6) is 2.34. The first kappa shape index (κ1) is 27.9. The van der Waals surface area contributed by atoms with Crippen LogP contribution in [0.1, 0.15) is 53.7 Å². The van der Waals surface area contributed by atoms with Crippen LogP contribution in [0.2, 0.25) is 0 Å². The van der Waals surface area contributed by atoms with Crippen molar-refractivity contribution in [3.05, 3.63) is 107 Å². The average Bonchev–Trinajstić information content (AvgIpc) is 3.49. The van der Waals surface area contributed by atoms with E-state index in [4.69, 9.17) is 14.4 Å². The molecular formula is C32H37N5O2S. The molecule has 208 valence electrons. The Morgan fingerprint density at radius 3 is 2.35 bits per heavy atom. The van der Waals surface area contributed by atoms with Crippen molar-refractivity contribution in [1.29, 1.82) is 0 Å². The first-order valence-electron chi connectivity index (χ1n) is 13.8. The zero-order valence-corrected chi connectivity index (χ0v) is 24.3. The third-order valence-electron chi connectivity index (χ3n) is 6.99. The number of aromatic nitrogens is 2. The van der Waals surface area contributed by atoms with E-state index in [0.29, 0.717) is 12.1 Å². The lowest BCUT2D eigenvalue weighted by Gasteiger charge is -2.36. The van der Waals surface area contributed by atoms with Gasteiger partial charge >= 0.3 is 0 Å². The van der Waals surface area contributed by atoms with Gasteiger partial charge in [-0.25, -0.2) is 9.97 Å². The van der Waals surface area contributed by atoms with Crippen molar-refractivity contribution < 1.29 is 9.21 Å². The largest absolute Gasteiger partial charge is 0.467 e. The van der Waals surface area contributed by atoms with E-state index in [1.165, 1.54) is 5.56 Å². The summed E-state index contributed by atoms with van der Waals surface area (Å²) in [6.45, 7) is 11.8. The third kappa shape index (κ3) is 7.52. The van der Waals surface area contributed by atoms with Crippen LogP contribution < -0.4 is 10.2 Å². The molecule has 7 nitrogen and oxygen atoms in total. The Bertz CT molecular complexity index is 1380. The molecule has 0 aliphatic carbocycles. The number of benzene rings is 2. The molecule has 2 aromatic heterocycles. The lowest BCUT2D eigenvalue weighted by atomic mass is 9.92. The van der Waals surface area contributed by atoms with Crippen LogP contribution >= 0.6 is 11.8 Å². The molecule has 1 saturated heterocycles. The Morgan fingerprint density at radius 2 is 1.68 bits per heavy atom. The van der Waals surface area contributed by atoms with Crippen molar-refractivity contribution in [2.45, 2.75) is 50.2 Å². The van der Waals surface area contributed by atoms with Crippen LogP contribution in [0.15, 0.2) is 88.6 Å². The molecule has 1 fully saturated rings. The van der Waals surface area contributed by atoms with Gasteiger partial charge in [0, 0.05) is 55.5 Å². The second-order valence-electron chi connectivity index (χ2n) is 11.1. The van der Waals surface area contributed by atoms with E-state index < -0.39 is 0 Å². The van der Waals surface area contributed by atoms with Crippen molar-refractivity contribution >= 4 is 23.5 Å². The topological polar surface area (TPSA) is 74.5 Å². The molecule has 0 unspecified atom stereocenters. The maximum absolute atomic E-state index is 12.5. The molecule has 40 heavy (non-hydrogen) atoms. The van der Waals surface area contributed by atoms with E-state index in [1.54, 1.807) is 18.0 Å². The molecule has 8 heteroatoms. The number of carbonyl (C=O) groups excluding carboxylic acids is 1. The summed E-state index contributed by atoms with van der Waals surface area (Å²) < 4.78 is 5.28. The van der Waals surface area contributed by atoms with Crippen LogP contribution in [0.4, 0.5) is 5.82 Å². The van der Waals surface area contributed by atoms with Crippen LogP contribution in [0.25, 0.3) is 0 Å². The van der Waals surface area contributed by atoms with Crippen molar-refractivity contribution in [2.75, 3.05) is 31.1 Å². The number of nitrogens with zero attached hydrogens (tertiary/aromatic N) is 4. The van der Waals surface area contributed by atoms with E-state index in [0.717, 1.165) is 66.5 Å². The van der Waals surface area contributed by atoms with Crippen molar-refractivity contribution in [1.82, 2.24) is 20.2 Å². The zero-order valence-electron chi connectivity index (χ0n) is 23.5. The molecule has 3 heterocycles. The van der Waals surface area contributed by atoms with Crippen LogP contribution in [-0.4, -0.2) is 47.0 Å². The molecule has 1 N–H and O–H groups in total. The van der Waals surface area contributed by atoms with Crippen molar-refractivity contribution in [3.63, 3.8) is 0 Å². The number of furan rings is 1. The highest BCUT2D eigenvalue weighted by Crippen LogP contribution is 2.29. The Balaban J connectivity index is 1.20. The SMILES string of the molecule is CC(C)(C)c1cc(N2CCN(Cc3ccccc3)CC2)nc(SCc2ccc(C(=O)NCc3ccco3)cc2)n1. The molecule has 1 aliphatic heterocycles. The fraction of sp³-hybridized carbons (Fsp3) is 0.344. The molecule has 0 radical (unpaired) electrons. The first-order valence-corrected chi connectivity index (χ1v) is 14.8. The minimum Gasteiger partial charge on any atom is -0.467 e. The monoisotopic (exact) mass is 555 g/mol. The Hall–Kier alpha value is -3.62. The fourth-order valence-corrected chi connectivity index (χ4v) is 5.39. The molecule has 1 amide bonds. The number of thioether (sulfide) groups is 1. The van der Waals surface area contributed by atoms with Gasteiger partial charge in [-0.1, -0.05) is 75.0 Å². The number of nitrogens with one attached hydrogen (secondary N) is 1. The fourth-order valence-electron chi connectivity index (χ4n) is 4.58. The predicted molar refractivity (Wildman–Crippen MR) is 161 cm³/mol. The molecule has 1 aliphatic rings. The lowest BCUT2D eigenvalue weighted by molar-refractivity contribution is 0.0948. The van der Waals surface area contributed by atoms with Crippen LogP contribution in [0.5, 0.6) is 0 Å². The maximum atomic E-state index is 12.5. The summed E-state index contributed by atoms with van der Waals surface area (Å²) in [7, 11) is 0. The van der Waals surface area contributed by atoms with Crippen molar-refractivity contribution in [3.8, 4) is 0 Å². The number of amides is 1. The molecule has 2 aromatic carbocycles. The van der Waals surface area contributed by atoms with E-state index in [9.17, 15) is 4.79 Å². The second kappa shape index (κ2) is 12.7. The smallest absolute Gasteiger partial charge is 0.251 e. The van der Waals surface area contributed by atoms with E-state index in [1.807, 2.05) is 36.4 Å². The standard InChI is InChI=1S/C32H37N5O2S/c1-32(2,3)28-20-29(37-17-15-36(16-18-37)22-24-8-5-4-6-9-24)35-31(34-28)40-23-25-11-13-26(14-12-25)30(38)33-21-27-10-7-19-39-27/h4-14,19-20H,15-18,21-23H2,1-3H3,(H,33,38). The van der Waals surface area contributed by atoms with Gasteiger partial charge in [-0.15, -0.1) is 0 Å². The van der Waals surface area contributed by atoms with Gasteiger partial charge in [0.15, 0.2) is 5.16 Å². The lowest BCUT2D eigenvalue weighted by Crippen LogP contribution is -2.46. The Morgan fingerprint density at radius 1 is 0.925 bits per heavy atom. The number of anilines is 1. The van der Waals surface area contributed by atoms with Gasteiger partial charge < -0.3 is 14.6 Å². The van der Waals surface area contributed by atoms with Gasteiger partial charge in [0.25, 0.3) is 5.91 Å². The molecule has 0 bridgehead atoms. The maximum Gasteiger partial charge on any atom is 0.251 e. The molecule has 0 spiro atoms. The Labute approximate surface area is 241 Å². The normalized spacial score (nSPS) is 14.3. The van der Waals surface area contributed by atoms with Crippen LogP contribution in [-0.2, 0) is 24.3 Å². The third-order valence-corrected chi connectivity index (χ3v) is 7.91. The van der Waals surface area contributed by atoms with E-state index in [-0.39, 0.29) is 11.3 Å². The summed E-state index contributed by atoms with van der Waals surface area (Å²) in [6.07, 6.45) is 1.60. The molecule has 0 saturated carbocycles. The van der Waals surface area contributed by atoms with Gasteiger partial charge in [-0.2, -0.15) is 0 Å². The number of piperazine rings is 1. The summed E-state index contributed by atoms with van der Waals surface area (Å²) in [5, 5.41) is 3.67. The zero-order chi connectivity index (χ0) is 28.0. The first-order chi connectivity index (χ1) is 19.3. The quantitative estimate of drug-likeness (QED) is 0.203. The van der Waals surface area contributed by atoms with E-state index in [2.05, 4.69) is 72.3 Å². The van der Waals surface area contributed by atoms with Crippen LogP contribution in [0.3, 0.4) is 0 Å². The molecule has 5 rings (SSSR count). The predicted octanol–water partition coefficient (Wildman–Crippen LogP) is 5.91. The molecule has 0 atom stereocenters. The van der Waals surface area contributed by atoms with E-state index >= 15 is 0 Å². The number of carbonyl (C=O) groups is 1. The van der Waals surface area contributed by atoms with Gasteiger partial charge in [0.2, 0.25) is 0 Å². The van der Waals surface area contributed by atoms with Crippen LogP contribution in [0, 0.1) is 0 Å². The van der Waals surface area contributed by atoms with Gasteiger partial charge in [-0.3, -0.25) is 9.69 Å². The average molecular weight is 556 g/mol. The number of rotatable bonds is 9. The van der Waals surface area contributed by atoms with Gasteiger partial charge in [-0.05, 0) is 35.4 Å². The summed E-state index contributed by atoms with van der Waals surface area (Å²) in [6, 6.07) is 24.2. The number of hydrogen-bond acceptors (Lipinski definition) is 7. The summed E-state index contributed by atoms with van der Waals surface area (Å²) in [5.41, 5.74) is 4.07. The van der Waals surface area contributed by atoms with Crippen molar-refractivity contribution in [2.24, 2.45) is 0 Å². The van der Waals surface area contributed by atoms with Gasteiger partial charge in [0.1, 0.15) is 11.6 Å². The highest BCUT2D eigenvalue weighted by molar-refractivity contribution is 7.98. The molecule has 4 aromatic rings. The second-order valence-corrected chi connectivity index (χ2v) is 12.1. The van der Waals surface area contributed by atoms with Gasteiger partial charge in [0.05, 0.1) is 18.5 Å². The number of hydrogen-bond donors (Lipinski definition) is 1. The highest BCUT2D eigenvalue weighted by atomic mass is 32.2. The highest BCUT2D eigenvalue weighted by Gasteiger charge is 2.23. The summed E-state index contributed by atoms with van der Waals surface area (Å²) >= 11 is 1.63. The minimum absolute atomic E-state index is 0.0766. The Kier molecular flexibility index (Phi) is 8.87.